The third-order valence-electron chi connectivity index (χ3n) is 1.95. The zero-order valence-electron chi connectivity index (χ0n) is 7.13. The fraction of sp³-hybridized carbons (Fsp3) is 0.545. The molecule has 1 radical (unpaired) electrons. The van der Waals surface area contributed by atoms with Gasteiger partial charge in [0.05, 0.1) is 0 Å². The van der Waals surface area contributed by atoms with E-state index in [2.05, 4.69) is 30.7 Å². The van der Waals surface area contributed by atoms with Crippen molar-refractivity contribution in [2.75, 3.05) is 0 Å². The van der Waals surface area contributed by atoms with Crippen LogP contribution in [0.15, 0.2) is 24.3 Å². The minimum atomic E-state index is 1.11. The molecule has 0 aromatic rings. The van der Waals surface area contributed by atoms with Crippen LogP contribution in [0, 0.1) is 6.42 Å². The Morgan fingerprint density at radius 1 is 0.727 bits per heavy atom. The first-order valence-corrected chi connectivity index (χ1v) is 4.63. The van der Waals surface area contributed by atoms with Gasteiger partial charge >= 0.3 is 0 Å². The van der Waals surface area contributed by atoms with Gasteiger partial charge in [-0.2, -0.15) is 0 Å². The summed E-state index contributed by atoms with van der Waals surface area (Å²) in [6, 6.07) is 0. The summed E-state index contributed by atoms with van der Waals surface area (Å²) < 4.78 is 0. The highest BCUT2D eigenvalue weighted by Crippen LogP contribution is 2.07. The zero-order chi connectivity index (χ0) is 7.78. The fourth-order valence-electron chi connectivity index (χ4n) is 1.26. The lowest BCUT2D eigenvalue weighted by atomic mass is 10.1. The lowest BCUT2D eigenvalue weighted by Crippen LogP contribution is -1.73. The average Bonchev–Trinajstić information content (AvgIpc) is 2.08. The number of allylic oxidation sites excluding steroid dienone is 4. The molecule has 0 amide bonds. The lowest BCUT2D eigenvalue weighted by molar-refractivity contribution is 0.696. The first kappa shape index (κ1) is 8.58. The van der Waals surface area contributed by atoms with Gasteiger partial charge in [0.2, 0.25) is 0 Å². The Bertz CT molecular complexity index is 115. The number of hydrogen-bond acceptors (Lipinski definition) is 0. The number of hydrogen-bond donors (Lipinski definition) is 0. The van der Waals surface area contributed by atoms with Gasteiger partial charge in [-0.1, -0.05) is 30.7 Å². The van der Waals surface area contributed by atoms with Crippen molar-refractivity contribution in [3.8, 4) is 0 Å². The van der Waals surface area contributed by atoms with Crippen LogP contribution in [0.3, 0.4) is 0 Å². The summed E-state index contributed by atoms with van der Waals surface area (Å²) >= 11 is 0. The molecule has 11 heavy (non-hydrogen) atoms. The Labute approximate surface area is 70.0 Å². The fourth-order valence-corrected chi connectivity index (χ4v) is 1.26. The Kier molecular flexibility index (Phi) is 4.84. The minimum Gasteiger partial charge on any atom is -0.0885 e. The topological polar surface area (TPSA) is 0 Å². The summed E-state index contributed by atoms with van der Waals surface area (Å²) in [6.45, 7) is 0. The molecule has 0 aliphatic heterocycles. The minimum absolute atomic E-state index is 1.11. The van der Waals surface area contributed by atoms with Gasteiger partial charge < -0.3 is 0 Å². The number of rotatable bonds is 0. The van der Waals surface area contributed by atoms with Crippen molar-refractivity contribution in [1.82, 2.24) is 0 Å². The van der Waals surface area contributed by atoms with Crippen molar-refractivity contribution in [3.63, 3.8) is 0 Å². The Morgan fingerprint density at radius 3 is 2.45 bits per heavy atom. The molecule has 0 heteroatoms. The molecular formula is C11H17. The van der Waals surface area contributed by atoms with E-state index in [0.717, 1.165) is 6.42 Å². The molecule has 0 bridgehead atoms. The van der Waals surface area contributed by atoms with E-state index in [1.807, 2.05) is 0 Å². The van der Waals surface area contributed by atoms with Crippen LogP contribution in [0.25, 0.3) is 0 Å². The molecule has 61 valence electrons. The predicted octanol–water partition coefficient (Wildman–Crippen LogP) is 3.66. The standard InChI is InChI=1S/C11H17/c1-2-4-6-8-10-11-9-7-5-3-1/h1-3,6,8H,4-5,7,9-11H2. The normalized spacial score (nSPS) is 21.1. The zero-order valence-corrected chi connectivity index (χ0v) is 7.13. The van der Waals surface area contributed by atoms with Gasteiger partial charge in [-0.25, -0.2) is 0 Å². The van der Waals surface area contributed by atoms with Gasteiger partial charge in [-0.3, -0.25) is 0 Å². The first-order chi connectivity index (χ1) is 5.50. The second kappa shape index (κ2) is 6.21. The van der Waals surface area contributed by atoms with Gasteiger partial charge in [0.1, 0.15) is 0 Å². The smallest absolute Gasteiger partial charge is 0.0133 e. The second-order valence-electron chi connectivity index (χ2n) is 3.01. The monoisotopic (exact) mass is 149 g/mol. The molecule has 0 saturated heterocycles. The summed E-state index contributed by atoms with van der Waals surface area (Å²) in [4.78, 5) is 0. The van der Waals surface area contributed by atoms with E-state index in [-0.39, 0.29) is 0 Å². The molecule has 0 N–H and O–H groups in total. The van der Waals surface area contributed by atoms with E-state index < -0.39 is 0 Å². The maximum atomic E-state index is 2.30. The Hall–Kier alpha value is -0.520. The van der Waals surface area contributed by atoms with Crippen LogP contribution in [-0.4, -0.2) is 0 Å². The van der Waals surface area contributed by atoms with Gasteiger partial charge in [0.25, 0.3) is 0 Å². The van der Waals surface area contributed by atoms with Gasteiger partial charge in [-0.05, 0) is 38.5 Å². The quantitative estimate of drug-likeness (QED) is 0.461. The average molecular weight is 149 g/mol. The van der Waals surface area contributed by atoms with Gasteiger partial charge in [0.15, 0.2) is 0 Å². The van der Waals surface area contributed by atoms with Crippen LogP contribution in [0.4, 0.5) is 0 Å². The van der Waals surface area contributed by atoms with Crippen LogP contribution in [-0.2, 0) is 0 Å². The molecule has 0 spiro atoms. The molecule has 0 aromatic heterocycles. The summed E-state index contributed by atoms with van der Waals surface area (Å²) in [7, 11) is 0. The van der Waals surface area contributed by atoms with Gasteiger partial charge in [0, 0.05) is 0 Å². The third-order valence-corrected chi connectivity index (χ3v) is 1.95. The summed E-state index contributed by atoms with van der Waals surface area (Å²) in [5.74, 6) is 0. The van der Waals surface area contributed by atoms with E-state index in [9.17, 15) is 0 Å². The van der Waals surface area contributed by atoms with Crippen molar-refractivity contribution in [3.05, 3.63) is 30.7 Å². The Morgan fingerprint density at radius 2 is 1.55 bits per heavy atom. The van der Waals surface area contributed by atoms with Crippen LogP contribution >= 0.6 is 0 Å². The molecular weight excluding hydrogens is 132 g/mol. The largest absolute Gasteiger partial charge is 0.0885 e. The SMILES string of the molecule is [CH]1C=CCCCCCC=CC1. The molecule has 0 saturated carbocycles. The lowest BCUT2D eigenvalue weighted by Gasteiger charge is -1.93. The predicted molar refractivity (Wildman–Crippen MR) is 50.3 cm³/mol. The molecule has 0 heterocycles. The molecule has 1 aliphatic rings. The van der Waals surface area contributed by atoms with Crippen LogP contribution < -0.4 is 0 Å². The van der Waals surface area contributed by atoms with E-state index in [4.69, 9.17) is 0 Å². The third kappa shape index (κ3) is 4.83. The van der Waals surface area contributed by atoms with Gasteiger partial charge in [-0.15, -0.1) is 0 Å². The van der Waals surface area contributed by atoms with Crippen molar-refractivity contribution in [2.24, 2.45) is 0 Å². The highest BCUT2D eigenvalue weighted by Gasteiger charge is 1.87. The van der Waals surface area contributed by atoms with Crippen molar-refractivity contribution in [1.29, 1.82) is 0 Å². The van der Waals surface area contributed by atoms with E-state index >= 15 is 0 Å². The van der Waals surface area contributed by atoms with Crippen molar-refractivity contribution >= 4 is 0 Å². The van der Waals surface area contributed by atoms with Crippen molar-refractivity contribution < 1.29 is 0 Å². The first-order valence-electron chi connectivity index (χ1n) is 4.63. The summed E-state index contributed by atoms with van der Waals surface area (Å²) in [6.07, 6.45) is 19.0. The Balaban J connectivity index is 2.22. The van der Waals surface area contributed by atoms with E-state index in [1.54, 1.807) is 0 Å². The van der Waals surface area contributed by atoms with Crippen LogP contribution in [0.2, 0.25) is 0 Å². The van der Waals surface area contributed by atoms with Crippen LogP contribution in [0.5, 0.6) is 0 Å². The molecule has 0 nitrogen and oxygen atoms in total. The highest BCUT2D eigenvalue weighted by atomic mass is 13.9. The maximum absolute atomic E-state index is 2.30. The van der Waals surface area contributed by atoms with Crippen molar-refractivity contribution in [2.45, 2.75) is 38.5 Å². The summed E-state index contributed by atoms with van der Waals surface area (Å²) in [5.41, 5.74) is 0. The highest BCUT2D eigenvalue weighted by molar-refractivity contribution is 5.00. The molecule has 1 rings (SSSR count). The van der Waals surface area contributed by atoms with Crippen LogP contribution in [0.1, 0.15) is 38.5 Å². The molecule has 0 unspecified atom stereocenters. The molecule has 0 aromatic carbocycles. The summed E-state index contributed by atoms with van der Waals surface area (Å²) in [5, 5.41) is 0. The molecule has 0 atom stereocenters. The van der Waals surface area contributed by atoms with E-state index in [0.29, 0.717) is 0 Å². The molecule has 0 fully saturated rings. The van der Waals surface area contributed by atoms with E-state index in [1.165, 1.54) is 32.1 Å². The maximum Gasteiger partial charge on any atom is -0.0133 e. The second-order valence-corrected chi connectivity index (χ2v) is 3.01. The molecule has 1 aliphatic carbocycles.